The van der Waals surface area contributed by atoms with Crippen LogP contribution >= 0.6 is 0 Å². The fourth-order valence-electron chi connectivity index (χ4n) is 12.0. The van der Waals surface area contributed by atoms with E-state index in [1.807, 2.05) is 27.7 Å². The molecule has 9 rings (SSSR count). The largest absolute Gasteiger partial charge is 0.456 e. The number of benzene rings is 2. The van der Waals surface area contributed by atoms with Crippen molar-refractivity contribution in [3.05, 3.63) is 113 Å². The van der Waals surface area contributed by atoms with Crippen molar-refractivity contribution in [2.45, 2.75) is 120 Å². The summed E-state index contributed by atoms with van der Waals surface area (Å²) in [7, 11) is 0. The Balaban J connectivity index is 1.18. The van der Waals surface area contributed by atoms with Crippen LogP contribution in [0.3, 0.4) is 0 Å². The van der Waals surface area contributed by atoms with Crippen LogP contribution in [-0.4, -0.2) is 137 Å². The van der Waals surface area contributed by atoms with Gasteiger partial charge in [0, 0.05) is 55.6 Å². The Kier molecular flexibility index (Phi) is 12.5. The predicted molar refractivity (Wildman–Crippen MR) is 239 cm³/mol. The molecule has 2 aromatic carbocycles. The molecule has 1 amide bonds. The van der Waals surface area contributed by atoms with E-state index in [2.05, 4.69) is 15.2 Å². The molecule has 6 aliphatic rings. The van der Waals surface area contributed by atoms with E-state index in [1.54, 1.807) is 78.9 Å². The zero-order valence-electron chi connectivity index (χ0n) is 38.8. The Bertz CT molecular complexity index is 2380. The number of carbonyl (C=O) groups is 4. The fraction of sp³-hybridized carbons (Fsp3) is 0.549. The van der Waals surface area contributed by atoms with Crippen LogP contribution in [0.25, 0.3) is 0 Å². The average molecular weight is 924 g/mol. The third-order valence-electron chi connectivity index (χ3n) is 15.6. The SMILES string of the molecule is CC(=O)O[C@@]12CO[C@@H]1CC[C@@]1(C)[C@@H]3O[C@H](CN4CCOCC4)O[C@@H]3C3=C(C)[C@@H](OC(=O)[C@](C)(O)[C@@H](NC(=O)c4ccccc4)c4ccccn4)C[C@@](O)([C@@H](OC(=O)c4ccccc4)[C@@H]12)C3(C)C. The van der Waals surface area contributed by atoms with Crippen molar-refractivity contribution in [2.75, 3.05) is 39.5 Å². The van der Waals surface area contributed by atoms with E-state index < -0.39 is 100 Å². The molecule has 2 saturated carbocycles. The van der Waals surface area contributed by atoms with Crippen molar-refractivity contribution >= 4 is 23.8 Å². The zero-order chi connectivity index (χ0) is 47.5. The molecule has 12 atom stereocenters. The van der Waals surface area contributed by atoms with Gasteiger partial charge in [-0.15, -0.1) is 0 Å². The van der Waals surface area contributed by atoms with Crippen molar-refractivity contribution in [2.24, 2.45) is 16.7 Å². The summed E-state index contributed by atoms with van der Waals surface area (Å²) in [5.41, 5.74) is -6.33. The number of hydrogen-bond donors (Lipinski definition) is 3. The molecule has 3 aromatic rings. The van der Waals surface area contributed by atoms with Crippen LogP contribution in [0.15, 0.2) is 96.2 Å². The standard InChI is InChI=1S/C51H61N3O13/c1-30-35(63-46(58)49(6,59)41(34-19-13-14-22-52-34)53-44(56)32-15-9-7-10-16-32)27-51(60)43(66-45(57)33-17-11-8-12-18-33)40-48(5,21-20-36-50(40,29-62-36)67-31(2)55)42-39(38(30)47(51,3)4)64-37(65-42)28-54-23-25-61-26-24-54/h7-19,22,35-37,39-43,59-60H,20-21,23-29H2,1-6H3,(H,53,56)/t35-,36+,37+,39+,40-,41-,42+,43-,48+,49+,50-,51+/m0/s1. The second-order valence-electron chi connectivity index (χ2n) is 19.9. The molecule has 0 spiro atoms. The summed E-state index contributed by atoms with van der Waals surface area (Å²) in [4.78, 5) is 63.0. The van der Waals surface area contributed by atoms with Crippen molar-refractivity contribution in [3.8, 4) is 0 Å². The fourth-order valence-corrected chi connectivity index (χ4v) is 12.0. The van der Waals surface area contributed by atoms with Gasteiger partial charge < -0.3 is 48.7 Å². The van der Waals surface area contributed by atoms with Gasteiger partial charge in [-0.1, -0.05) is 63.2 Å². The van der Waals surface area contributed by atoms with Gasteiger partial charge in [0.1, 0.15) is 36.1 Å². The lowest BCUT2D eigenvalue weighted by atomic mass is 9.45. The molecule has 1 aromatic heterocycles. The molecule has 3 saturated heterocycles. The Morgan fingerprint density at radius 3 is 2.24 bits per heavy atom. The molecule has 0 radical (unpaired) electrons. The number of pyridine rings is 1. The third kappa shape index (κ3) is 8.07. The number of fused-ring (bicyclic) bond motifs is 8. The normalized spacial score (nSPS) is 34.5. The molecule has 4 heterocycles. The van der Waals surface area contributed by atoms with Gasteiger partial charge in [0.05, 0.1) is 43.1 Å². The second-order valence-corrected chi connectivity index (χ2v) is 19.9. The topological polar surface area (TPSA) is 202 Å². The van der Waals surface area contributed by atoms with E-state index in [4.69, 9.17) is 33.2 Å². The van der Waals surface area contributed by atoms with Gasteiger partial charge in [0.2, 0.25) is 0 Å². The van der Waals surface area contributed by atoms with Gasteiger partial charge in [-0.2, -0.15) is 0 Å². The number of morpholine rings is 1. The van der Waals surface area contributed by atoms with Crippen molar-refractivity contribution in [1.82, 2.24) is 15.2 Å². The summed E-state index contributed by atoms with van der Waals surface area (Å²) in [5, 5.41) is 29.3. The first-order chi connectivity index (χ1) is 31.9. The van der Waals surface area contributed by atoms with Crippen LogP contribution < -0.4 is 5.32 Å². The molecule has 3 N–H and O–H groups in total. The van der Waals surface area contributed by atoms with Gasteiger partial charge in [-0.05, 0) is 74.2 Å². The molecule has 16 nitrogen and oxygen atoms in total. The molecule has 3 aliphatic heterocycles. The summed E-state index contributed by atoms with van der Waals surface area (Å²) >= 11 is 0. The van der Waals surface area contributed by atoms with Crippen LogP contribution in [0.5, 0.6) is 0 Å². The second kappa shape index (κ2) is 17.8. The maximum atomic E-state index is 14.9. The summed E-state index contributed by atoms with van der Waals surface area (Å²) in [5.74, 6) is -3.92. The Morgan fingerprint density at radius 2 is 1.61 bits per heavy atom. The van der Waals surface area contributed by atoms with Gasteiger partial charge in [0.25, 0.3) is 5.91 Å². The van der Waals surface area contributed by atoms with E-state index in [0.29, 0.717) is 62.4 Å². The van der Waals surface area contributed by atoms with E-state index in [9.17, 15) is 29.4 Å². The van der Waals surface area contributed by atoms with Gasteiger partial charge in [-0.3, -0.25) is 19.5 Å². The van der Waals surface area contributed by atoms with Crippen molar-refractivity contribution < 1.29 is 62.5 Å². The minimum atomic E-state index is -2.43. The van der Waals surface area contributed by atoms with Crippen LogP contribution in [0, 0.1) is 16.7 Å². The van der Waals surface area contributed by atoms with E-state index in [-0.39, 0.29) is 24.3 Å². The average Bonchev–Trinajstić information content (AvgIpc) is 3.72. The highest BCUT2D eigenvalue weighted by atomic mass is 16.7. The van der Waals surface area contributed by atoms with Gasteiger partial charge in [0.15, 0.2) is 17.5 Å². The molecular formula is C51H61N3O13. The summed E-state index contributed by atoms with van der Waals surface area (Å²) in [6, 6.07) is 20.4. The van der Waals surface area contributed by atoms with Gasteiger partial charge >= 0.3 is 17.9 Å². The predicted octanol–water partition coefficient (Wildman–Crippen LogP) is 4.49. The monoisotopic (exact) mass is 923 g/mol. The Morgan fingerprint density at radius 1 is 0.940 bits per heavy atom. The number of rotatable bonds is 11. The molecule has 3 aliphatic carbocycles. The molecule has 358 valence electrons. The molecule has 2 bridgehead atoms. The van der Waals surface area contributed by atoms with E-state index in [1.165, 1.54) is 20.0 Å². The first-order valence-corrected chi connectivity index (χ1v) is 23.2. The Hall–Kier alpha value is -5.07. The number of ether oxygens (including phenoxy) is 7. The van der Waals surface area contributed by atoms with Crippen LogP contribution in [0.4, 0.5) is 0 Å². The Labute approximate surface area is 390 Å². The molecule has 16 heteroatoms. The third-order valence-corrected chi connectivity index (χ3v) is 15.6. The summed E-state index contributed by atoms with van der Waals surface area (Å²) < 4.78 is 45.6. The van der Waals surface area contributed by atoms with Crippen LogP contribution in [-0.2, 0) is 42.7 Å². The molecule has 67 heavy (non-hydrogen) atoms. The lowest BCUT2D eigenvalue weighted by Gasteiger charge is -2.68. The van der Waals surface area contributed by atoms with Gasteiger partial charge in [-0.25, -0.2) is 9.59 Å². The summed E-state index contributed by atoms with van der Waals surface area (Å²) in [6.45, 7) is 13.0. The number of nitrogens with zero attached hydrogens (tertiary/aromatic N) is 2. The quantitative estimate of drug-likeness (QED) is 0.138. The number of hydrogen-bond acceptors (Lipinski definition) is 15. The lowest BCUT2D eigenvalue weighted by Crippen LogP contribution is -2.79. The first kappa shape index (κ1) is 47.0. The van der Waals surface area contributed by atoms with Crippen molar-refractivity contribution in [3.63, 3.8) is 0 Å². The molecular weight excluding hydrogens is 863 g/mol. The molecule has 0 unspecified atom stereocenters. The number of aliphatic hydroxyl groups is 2. The summed E-state index contributed by atoms with van der Waals surface area (Å²) in [6.07, 6.45) is -3.54. The minimum absolute atomic E-state index is 0.0323. The van der Waals surface area contributed by atoms with Crippen LogP contribution in [0.2, 0.25) is 0 Å². The molecule has 5 fully saturated rings. The van der Waals surface area contributed by atoms with E-state index >= 15 is 0 Å². The highest BCUT2D eigenvalue weighted by molar-refractivity contribution is 5.95. The smallest absolute Gasteiger partial charge is 0.341 e. The minimum Gasteiger partial charge on any atom is -0.456 e. The number of aromatic nitrogens is 1. The van der Waals surface area contributed by atoms with Crippen molar-refractivity contribution in [1.29, 1.82) is 0 Å². The zero-order valence-corrected chi connectivity index (χ0v) is 38.8. The number of carbonyl (C=O) groups excluding carboxylic acids is 4. The number of amides is 1. The number of nitrogens with one attached hydrogen (secondary N) is 1. The highest BCUT2D eigenvalue weighted by Gasteiger charge is 2.77. The van der Waals surface area contributed by atoms with Crippen LogP contribution in [0.1, 0.15) is 93.3 Å². The van der Waals surface area contributed by atoms with E-state index in [0.717, 1.165) is 0 Å². The first-order valence-electron chi connectivity index (χ1n) is 23.2. The number of esters is 3. The maximum Gasteiger partial charge on any atom is 0.341 e. The highest BCUT2D eigenvalue weighted by Crippen LogP contribution is 2.66. The lowest BCUT2D eigenvalue weighted by molar-refractivity contribution is -0.345. The maximum absolute atomic E-state index is 14.9.